The summed E-state index contributed by atoms with van der Waals surface area (Å²) in [5, 5.41) is 9.68. The summed E-state index contributed by atoms with van der Waals surface area (Å²) >= 11 is 5.97. The zero-order valence-corrected chi connectivity index (χ0v) is 10.2. The molecule has 1 aromatic heterocycles. The molecule has 1 heterocycles. The standard InChI is InChI=1S/C12H11ClN4O/c13-9-3-1-2-8(6-9)12(4-5-12)10(18)16-11-14-7-15-17-11/h1-3,6-7H,4-5H2,(H2,14,15,16,17,18). The van der Waals surface area contributed by atoms with Crippen LogP contribution in [0.2, 0.25) is 5.02 Å². The quantitative estimate of drug-likeness (QED) is 0.890. The zero-order chi connectivity index (χ0) is 12.6. The fourth-order valence-corrected chi connectivity index (χ4v) is 2.24. The Morgan fingerprint density at radius 2 is 2.28 bits per heavy atom. The first kappa shape index (κ1) is 11.2. The highest BCUT2D eigenvalue weighted by atomic mass is 35.5. The van der Waals surface area contributed by atoms with Crippen molar-refractivity contribution in [2.45, 2.75) is 18.3 Å². The molecule has 1 saturated carbocycles. The van der Waals surface area contributed by atoms with E-state index < -0.39 is 5.41 Å². The Labute approximate surface area is 109 Å². The highest BCUT2D eigenvalue weighted by Crippen LogP contribution is 2.49. The lowest BCUT2D eigenvalue weighted by molar-refractivity contribution is -0.118. The van der Waals surface area contributed by atoms with Crippen LogP contribution in [-0.4, -0.2) is 21.1 Å². The number of benzene rings is 1. The van der Waals surface area contributed by atoms with E-state index in [0.29, 0.717) is 11.0 Å². The van der Waals surface area contributed by atoms with Crippen LogP contribution in [0.4, 0.5) is 5.95 Å². The van der Waals surface area contributed by atoms with Gasteiger partial charge in [0.05, 0.1) is 5.41 Å². The van der Waals surface area contributed by atoms with Crippen molar-refractivity contribution in [2.75, 3.05) is 5.32 Å². The van der Waals surface area contributed by atoms with E-state index in [1.54, 1.807) is 6.07 Å². The van der Waals surface area contributed by atoms with Crippen LogP contribution in [0.25, 0.3) is 0 Å². The fraction of sp³-hybridized carbons (Fsp3) is 0.250. The molecule has 0 unspecified atom stereocenters. The van der Waals surface area contributed by atoms with Gasteiger partial charge >= 0.3 is 0 Å². The molecule has 0 radical (unpaired) electrons. The second-order valence-electron chi connectivity index (χ2n) is 4.38. The van der Waals surface area contributed by atoms with Gasteiger partial charge in [0.15, 0.2) is 0 Å². The number of aromatic amines is 1. The lowest BCUT2D eigenvalue weighted by atomic mass is 9.95. The van der Waals surface area contributed by atoms with Crippen molar-refractivity contribution in [1.29, 1.82) is 0 Å². The van der Waals surface area contributed by atoms with Crippen molar-refractivity contribution in [3.05, 3.63) is 41.2 Å². The minimum Gasteiger partial charge on any atom is -0.294 e. The maximum absolute atomic E-state index is 12.3. The third kappa shape index (κ3) is 1.86. The average molecular weight is 263 g/mol. The summed E-state index contributed by atoms with van der Waals surface area (Å²) in [7, 11) is 0. The van der Waals surface area contributed by atoms with Gasteiger partial charge in [0.2, 0.25) is 11.9 Å². The van der Waals surface area contributed by atoms with Crippen LogP contribution in [0.15, 0.2) is 30.6 Å². The molecule has 0 aliphatic heterocycles. The SMILES string of the molecule is O=C(Nc1ncn[nH]1)C1(c2cccc(Cl)c2)CC1. The minimum absolute atomic E-state index is 0.0680. The number of carbonyl (C=O) groups is 1. The van der Waals surface area contributed by atoms with Crippen molar-refractivity contribution in [3.63, 3.8) is 0 Å². The molecule has 0 saturated heterocycles. The van der Waals surface area contributed by atoms with Gasteiger partial charge in [0.1, 0.15) is 6.33 Å². The number of aromatic nitrogens is 3. The number of H-pyrrole nitrogens is 1. The molecule has 6 heteroatoms. The first-order chi connectivity index (χ1) is 8.71. The molecule has 0 atom stereocenters. The van der Waals surface area contributed by atoms with Gasteiger partial charge in [-0.2, -0.15) is 10.1 Å². The van der Waals surface area contributed by atoms with Crippen molar-refractivity contribution in [2.24, 2.45) is 0 Å². The van der Waals surface area contributed by atoms with Crippen molar-refractivity contribution in [3.8, 4) is 0 Å². The monoisotopic (exact) mass is 262 g/mol. The molecule has 2 N–H and O–H groups in total. The van der Waals surface area contributed by atoms with Gasteiger partial charge in [-0.05, 0) is 30.5 Å². The molecule has 0 bridgehead atoms. The minimum atomic E-state index is -0.461. The first-order valence-electron chi connectivity index (χ1n) is 5.64. The molecule has 92 valence electrons. The molecule has 1 amide bonds. The molecule has 3 rings (SSSR count). The number of hydrogen-bond acceptors (Lipinski definition) is 3. The Bertz CT molecular complexity index is 578. The van der Waals surface area contributed by atoms with Crippen molar-refractivity contribution in [1.82, 2.24) is 15.2 Å². The van der Waals surface area contributed by atoms with Crippen molar-refractivity contribution >= 4 is 23.5 Å². The number of nitrogens with zero attached hydrogens (tertiary/aromatic N) is 2. The summed E-state index contributed by atoms with van der Waals surface area (Å²) in [6, 6.07) is 7.43. The topological polar surface area (TPSA) is 70.7 Å². The van der Waals surface area contributed by atoms with E-state index in [1.165, 1.54) is 6.33 Å². The number of amides is 1. The maximum Gasteiger partial charge on any atom is 0.237 e. The smallest absolute Gasteiger partial charge is 0.237 e. The van der Waals surface area contributed by atoms with Crippen LogP contribution in [0, 0.1) is 0 Å². The Kier molecular flexibility index (Phi) is 2.56. The van der Waals surface area contributed by atoms with Crippen LogP contribution in [0.5, 0.6) is 0 Å². The largest absolute Gasteiger partial charge is 0.294 e. The van der Waals surface area contributed by atoms with Gasteiger partial charge in [-0.1, -0.05) is 23.7 Å². The van der Waals surface area contributed by atoms with Gasteiger partial charge in [-0.15, -0.1) is 0 Å². The third-order valence-electron chi connectivity index (χ3n) is 3.21. The van der Waals surface area contributed by atoms with Gasteiger partial charge < -0.3 is 0 Å². The highest BCUT2D eigenvalue weighted by Gasteiger charge is 2.51. The molecule has 0 spiro atoms. The number of halogens is 1. The number of rotatable bonds is 3. The van der Waals surface area contributed by atoms with Crippen LogP contribution in [-0.2, 0) is 10.2 Å². The van der Waals surface area contributed by atoms with E-state index in [1.807, 2.05) is 18.2 Å². The van der Waals surface area contributed by atoms with E-state index in [2.05, 4.69) is 20.5 Å². The summed E-state index contributed by atoms with van der Waals surface area (Å²) in [6.07, 6.45) is 3.01. The third-order valence-corrected chi connectivity index (χ3v) is 3.44. The normalized spacial score (nSPS) is 16.3. The van der Waals surface area contributed by atoms with Crippen molar-refractivity contribution < 1.29 is 4.79 Å². The van der Waals surface area contributed by atoms with Crippen LogP contribution in [0.1, 0.15) is 18.4 Å². The second kappa shape index (κ2) is 4.10. The van der Waals surface area contributed by atoms with Gasteiger partial charge in [0.25, 0.3) is 0 Å². The molecule has 5 nitrogen and oxygen atoms in total. The molecule has 1 aromatic carbocycles. The summed E-state index contributed by atoms with van der Waals surface area (Å²) in [5.74, 6) is 0.301. The molecule has 1 aliphatic carbocycles. The highest BCUT2D eigenvalue weighted by molar-refractivity contribution is 6.30. The summed E-state index contributed by atoms with van der Waals surface area (Å²) in [4.78, 5) is 16.1. The van der Waals surface area contributed by atoms with E-state index in [4.69, 9.17) is 11.6 Å². The molecule has 1 aliphatic rings. The fourth-order valence-electron chi connectivity index (χ4n) is 2.05. The summed E-state index contributed by atoms with van der Waals surface area (Å²) < 4.78 is 0. The second-order valence-corrected chi connectivity index (χ2v) is 4.82. The number of hydrogen-bond donors (Lipinski definition) is 2. The first-order valence-corrected chi connectivity index (χ1v) is 6.01. The Hall–Kier alpha value is -1.88. The van der Waals surface area contributed by atoms with E-state index in [0.717, 1.165) is 18.4 Å². The van der Waals surface area contributed by atoms with E-state index >= 15 is 0 Å². The lowest BCUT2D eigenvalue weighted by Gasteiger charge is -2.14. The predicted molar refractivity (Wildman–Crippen MR) is 67.4 cm³/mol. The molecule has 2 aromatic rings. The Balaban J connectivity index is 1.85. The maximum atomic E-state index is 12.3. The van der Waals surface area contributed by atoms with Gasteiger partial charge in [0, 0.05) is 5.02 Å². The number of carbonyl (C=O) groups excluding carboxylic acids is 1. The molecular formula is C12H11ClN4O. The Morgan fingerprint density at radius 1 is 1.44 bits per heavy atom. The molecule has 1 fully saturated rings. The van der Waals surface area contributed by atoms with Gasteiger partial charge in [-0.25, -0.2) is 5.10 Å². The van der Waals surface area contributed by atoms with Gasteiger partial charge in [-0.3, -0.25) is 10.1 Å². The zero-order valence-electron chi connectivity index (χ0n) is 9.48. The molecular weight excluding hydrogens is 252 g/mol. The van der Waals surface area contributed by atoms with Crippen LogP contribution < -0.4 is 5.32 Å². The molecule has 18 heavy (non-hydrogen) atoms. The average Bonchev–Trinajstić information content (AvgIpc) is 3.03. The predicted octanol–water partition coefficient (Wildman–Crippen LogP) is 2.13. The van der Waals surface area contributed by atoms with Crippen LogP contribution >= 0.6 is 11.6 Å². The lowest BCUT2D eigenvalue weighted by Crippen LogP contribution is -2.28. The van der Waals surface area contributed by atoms with Crippen LogP contribution in [0.3, 0.4) is 0 Å². The summed E-state index contributed by atoms with van der Waals surface area (Å²) in [6.45, 7) is 0. The number of nitrogens with one attached hydrogen (secondary N) is 2. The number of anilines is 1. The van der Waals surface area contributed by atoms with E-state index in [-0.39, 0.29) is 5.91 Å². The summed E-state index contributed by atoms with van der Waals surface area (Å²) in [5.41, 5.74) is 0.490. The Morgan fingerprint density at radius 3 is 2.89 bits per heavy atom. The van der Waals surface area contributed by atoms with E-state index in [9.17, 15) is 4.79 Å².